The number of rotatable bonds is 0. The molecule has 0 spiro atoms. The molecule has 0 saturated heterocycles. The van der Waals surface area contributed by atoms with Crippen LogP contribution in [0.4, 0.5) is 0 Å². The van der Waals surface area contributed by atoms with Crippen molar-refractivity contribution in [1.82, 2.24) is 0 Å². The molecule has 5 atom stereocenters. The fourth-order valence-electron chi connectivity index (χ4n) is 8.59. The van der Waals surface area contributed by atoms with Crippen molar-refractivity contribution in [2.45, 2.75) is 64.7 Å². The van der Waals surface area contributed by atoms with Crippen LogP contribution in [-0.2, 0) is 0 Å². The first-order valence-corrected chi connectivity index (χ1v) is 10.00. The molecule has 0 aliphatic heterocycles. The van der Waals surface area contributed by atoms with Gasteiger partial charge in [-0.3, -0.25) is 0 Å². The molecule has 8 aliphatic carbocycles. The van der Waals surface area contributed by atoms with Gasteiger partial charge in [-0.05, 0) is 111 Å². The van der Waals surface area contributed by atoms with Gasteiger partial charge in [0.15, 0.2) is 0 Å². The lowest BCUT2D eigenvalue weighted by Gasteiger charge is -2.59. The van der Waals surface area contributed by atoms with E-state index in [9.17, 15) is 0 Å². The van der Waals surface area contributed by atoms with E-state index in [2.05, 4.69) is 18.1 Å². The van der Waals surface area contributed by atoms with Gasteiger partial charge in [0, 0.05) is 0 Å². The van der Waals surface area contributed by atoms with E-state index in [1.54, 1.807) is 57.8 Å². The number of hydrogen-bond donors (Lipinski definition) is 0. The van der Waals surface area contributed by atoms with Gasteiger partial charge in [0.05, 0.1) is 0 Å². The van der Waals surface area contributed by atoms with Gasteiger partial charge in [-0.15, -0.1) is 0 Å². The average molecular weight is 282 g/mol. The van der Waals surface area contributed by atoms with Gasteiger partial charge in [0.1, 0.15) is 0 Å². The summed E-state index contributed by atoms with van der Waals surface area (Å²) in [4.78, 5) is 0. The highest BCUT2D eigenvalue weighted by molar-refractivity contribution is 5.33. The quantitative estimate of drug-likeness (QED) is 0.519. The van der Waals surface area contributed by atoms with Gasteiger partial charge < -0.3 is 0 Å². The minimum atomic E-state index is 1.03. The minimum Gasteiger partial charge on any atom is -0.0642 e. The maximum Gasteiger partial charge on any atom is -0.0167 e. The van der Waals surface area contributed by atoms with Crippen molar-refractivity contribution in [2.24, 2.45) is 53.3 Å². The summed E-state index contributed by atoms with van der Waals surface area (Å²) >= 11 is 0. The van der Waals surface area contributed by atoms with Crippen LogP contribution >= 0.6 is 0 Å². The molecule has 0 aromatic heterocycles. The third kappa shape index (κ3) is 1.53. The Hall–Kier alpha value is -0.260. The second-order valence-corrected chi connectivity index (χ2v) is 9.95. The zero-order valence-electron chi connectivity index (χ0n) is 13.6. The highest BCUT2D eigenvalue weighted by Gasteiger charge is 2.53. The molecule has 0 radical (unpaired) electrons. The molecule has 0 aromatic carbocycles. The highest BCUT2D eigenvalue weighted by Crippen LogP contribution is 2.64. The van der Waals surface area contributed by atoms with E-state index in [0.29, 0.717) is 0 Å². The molecule has 0 heteroatoms. The largest absolute Gasteiger partial charge is 0.0642 e. The molecule has 8 bridgehead atoms. The normalized spacial score (nSPS) is 60.1. The Balaban J connectivity index is 1.47. The Labute approximate surface area is 129 Å². The van der Waals surface area contributed by atoms with Crippen LogP contribution in [0.2, 0.25) is 0 Å². The van der Waals surface area contributed by atoms with E-state index in [-0.39, 0.29) is 0 Å². The van der Waals surface area contributed by atoms with Crippen molar-refractivity contribution in [1.29, 1.82) is 0 Å². The summed E-state index contributed by atoms with van der Waals surface area (Å²) in [5.41, 5.74) is 4.20. The number of allylic oxidation sites excluding steroid dienone is 2. The van der Waals surface area contributed by atoms with E-state index >= 15 is 0 Å². The van der Waals surface area contributed by atoms with Crippen LogP contribution in [0.15, 0.2) is 11.1 Å². The SMILES string of the molecule is C[C@@H]1[C@@H]2C[C@H]3C[C@@H](C2)C(=C2C4CC5CC(C4)CC2C5)[C@@H]1C3. The first-order valence-electron chi connectivity index (χ1n) is 10.00. The van der Waals surface area contributed by atoms with Crippen LogP contribution in [0.3, 0.4) is 0 Å². The smallest absolute Gasteiger partial charge is 0.0167 e. The monoisotopic (exact) mass is 282 g/mol. The molecule has 8 rings (SSSR count). The molecule has 0 heterocycles. The minimum absolute atomic E-state index is 1.03. The lowest BCUT2D eigenvalue weighted by molar-refractivity contribution is 0.00637. The molecule has 8 fully saturated rings. The average Bonchev–Trinajstić information content (AvgIpc) is 2.45. The topological polar surface area (TPSA) is 0 Å². The summed E-state index contributed by atoms with van der Waals surface area (Å²) in [6.45, 7) is 2.61. The van der Waals surface area contributed by atoms with Gasteiger partial charge in [-0.25, -0.2) is 0 Å². The maximum atomic E-state index is 2.61. The Morgan fingerprint density at radius 1 is 0.571 bits per heavy atom. The van der Waals surface area contributed by atoms with Crippen molar-refractivity contribution in [3.05, 3.63) is 11.1 Å². The van der Waals surface area contributed by atoms with Gasteiger partial charge >= 0.3 is 0 Å². The fourth-order valence-corrected chi connectivity index (χ4v) is 8.59. The molecule has 0 unspecified atom stereocenters. The predicted octanol–water partition coefficient (Wildman–Crippen LogP) is 5.44. The first-order chi connectivity index (χ1) is 10.3. The second kappa shape index (κ2) is 3.98. The van der Waals surface area contributed by atoms with Crippen molar-refractivity contribution >= 4 is 0 Å². The van der Waals surface area contributed by atoms with Crippen molar-refractivity contribution < 1.29 is 0 Å². The van der Waals surface area contributed by atoms with Crippen molar-refractivity contribution in [2.75, 3.05) is 0 Å². The molecule has 114 valence electrons. The third-order valence-electron chi connectivity index (χ3n) is 9.00. The molecule has 0 nitrogen and oxygen atoms in total. The third-order valence-corrected chi connectivity index (χ3v) is 9.00. The van der Waals surface area contributed by atoms with Crippen LogP contribution < -0.4 is 0 Å². The Morgan fingerprint density at radius 3 is 1.81 bits per heavy atom. The summed E-state index contributed by atoms with van der Waals surface area (Å²) in [5.74, 6) is 9.71. The summed E-state index contributed by atoms with van der Waals surface area (Å²) in [7, 11) is 0. The van der Waals surface area contributed by atoms with E-state index < -0.39 is 0 Å². The summed E-state index contributed by atoms with van der Waals surface area (Å²) in [5, 5.41) is 0. The van der Waals surface area contributed by atoms with Crippen LogP contribution in [0, 0.1) is 53.3 Å². The molecular weight excluding hydrogens is 252 g/mol. The van der Waals surface area contributed by atoms with Gasteiger partial charge in [-0.2, -0.15) is 0 Å². The van der Waals surface area contributed by atoms with Crippen LogP contribution in [0.5, 0.6) is 0 Å². The van der Waals surface area contributed by atoms with E-state index in [4.69, 9.17) is 0 Å². The van der Waals surface area contributed by atoms with Crippen LogP contribution in [-0.4, -0.2) is 0 Å². The van der Waals surface area contributed by atoms with E-state index in [0.717, 1.165) is 53.3 Å². The summed E-state index contributed by atoms with van der Waals surface area (Å²) in [6.07, 6.45) is 14.3. The zero-order valence-corrected chi connectivity index (χ0v) is 13.6. The standard InChI is InChI=1S/C21H30/c1-11-15-3-14-8-18(10-15)21(19(11)9-14)20-16-4-12-2-13(6-16)7-17(20)5-12/h11-19H,2-10H2,1H3/t11-,12?,13?,14+,15-,16?,17?,18+,19-/m1/s1. The van der Waals surface area contributed by atoms with Gasteiger partial charge in [-0.1, -0.05) is 18.1 Å². The van der Waals surface area contributed by atoms with E-state index in [1.807, 2.05) is 0 Å². The lowest BCUT2D eigenvalue weighted by Crippen LogP contribution is -2.49. The van der Waals surface area contributed by atoms with E-state index in [1.165, 1.54) is 0 Å². The molecule has 0 aromatic rings. The first kappa shape index (κ1) is 12.2. The predicted molar refractivity (Wildman–Crippen MR) is 85.7 cm³/mol. The highest BCUT2D eigenvalue weighted by atomic mass is 14.6. The second-order valence-electron chi connectivity index (χ2n) is 9.95. The number of hydrogen-bond acceptors (Lipinski definition) is 0. The zero-order chi connectivity index (χ0) is 13.7. The van der Waals surface area contributed by atoms with Crippen LogP contribution in [0.1, 0.15) is 64.7 Å². The molecule has 8 saturated carbocycles. The molecule has 0 N–H and O–H groups in total. The Bertz CT molecular complexity index is 482. The molecule has 0 amide bonds. The molecular formula is C21H30. The van der Waals surface area contributed by atoms with Crippen LogP contribution in [0.25, 0.3) is 0 Å². The molecule has 8 aliphatic rings. The lowest BCUT2D eigenvalue weighted by atomic mass is 9.46. The Kier molecular flexibility index (Phi) is 2.31. The maximum absolute atomic E-state index is 2.61. The summed E-state index contributed by atoms with van der Waals surface area (Å²) < 4.78 is 0. The van der Waals surface area contributed by atoms with Gasteiger partial charge in [0.25, 0.3) is 0 Å². The Morgan fingerprint density at radius 2 is 1.14 bits per heavy atom. The van der Waals surface area contributed by atoms with Crippen molar-refractivity contribution in [3.8, 4) is 0 Å². The fraction of sp³-hybridized carbons (Fsp3) is 0.905. The summed E-state index contributed by atoms with van der Waals surface area (Å²) in [6, 6.07) is 0. The van der Waals surface area contributed by atoms with Crippen molar-refractivity contribution in [3.63, 3.8) is 0 Å². The van der Waals surface area contributed by atoms with Gasteiger partial charge in [0.2, 0.25) is 0 Å². The molecule has 21 heavy (non-hydrogen) atoms.